The number of carbonyl (C=O) groups is 14. The number of imide groups is 1. The van der Waals surface area contributed by atoms with Crippen molar-refractivity contribution in [3.63, 3.8) is 0 Å². The number of aliphatic hydroxyl groups excluding tert-OH is 2. The summed E-state index contributed by atoms with van der Waals surface area (Å²) in [5, 5.41) is 62.6. The van der Waals surface area contributed by atoms with E-state index in [1.165, 1.54) is 19.6 Å². The van der Waals surface area contributed by atoms with Gasteiger partial charge in [-0.25, -0.2) is 4.98 Å². The number of carboxylic acid groups (broad SMARTS) is 1. The smallest absolute Gasteiger partial charge is 0.305 e. The number of guanidine groups is 1. The SMILES string of the molecule is COCCOCCCNC(=O)CNC(=O)[C@H](Cc1c[nH]cn1)NC(=O)[C@H](CC(N)=O)NC(=O)[C@H](CC(=O)O)NC(=O)[C@H](CO)NC(=O)[C@H](CCCNC(=N)N)NC(=O)CNC(=O)[C@H](CO)NC(=O)[C@H](CC(C)C)NC(=O)[C@H](CN)N1C(=O)C=CC1=O. The number of methoxy groups -OCH3 is 1. The minimum atomic E-state index is -2.11. The van der Waals surface area contributed by atoms with E-state index in [0.29, 0.717) is 31.1 Å². The van der Waals surface area contributed by atoms with Crippen molar-refractivity contribution < 1.29 is 91.9 Å². The van der Waals surface area contributed by atoms with Gasteiger partial charge in [0, 0.05) is 58.1 Å². The summed E-state index contributed by atoms with van der Waals surface area (Å²) in [6.07, 6.45) is 2.16. The molecule has 478 valence electrons. The lowest BCUT2D eigenvalue weighted by Gasteiger charge is -2.28. The van der Waals surface area contributed by atoms with Gasteiger partial charge < -0.3 is 105 Å². The van der Waals surface area contributed by atoms with Gasteiger partial charge in [0.2, 0.25) is 65.0 Å². The van der Waals surface area contributed by atoms with Gasteiger partial charge >= 0.3 is 5.97 Å². The molecule has 1 aliphatic rings. The van der Waals surface area contributed by atoms with Crippen molar-refractivity contribution in [2.24, 2.45) is 23.1 Å². The molecule has 0 saturated heterocycles. The van der Waals surface area contributed by atoms with Gasteiger partial charge in [-0.05, 0) is 31.6 Å². The fourth-order valence-electron chi connectivity index (χ4n) is 7.72. The molecule has 37 heteroatoms. The summed E-state index contributed by atoms with van der Waals surface area (Å²) in [5.74, 6) is -16.2. The molecule has 1 aromatic heterocycles. The van der Waals surface area contributed by atoms with Gasteiger partial charge in [0.15, 0.2) is 5.96 Å². The third-order valence-electron chi connectivity index (χ3n) is 12.0. The Labute approximate surface area is 491 Å². The number of hydrogen-bond acceptors (Lipinski definition) is 21. The highest BCUT2D eigenvalue weighted by atomic mass is 16.5. The fourth-order valence-corrected chi connectivity index (χ4v) is 7.72. The molecule has 37 nitrogen and oxygen atoms in total. The maximum Gasteiger partial charge on any atom is 0.305 e. The first-order valence-electron chi connectivity index (χ1n) is 26.8. The van der Waals surface area contributed by atoms with E-state index in [0.717, 1.165) is 12.2 Å². The molecule has 0 radical (unpaired) electrons. The van der Waals surface area contributed by atoms with Crippen molar-refractivity contribution in [1.82, 2.24) is 73.4 Å². The normalized spacial score (nSPS) is 14.6. The molecule has 86 heavy (non-hydrogen) atoms. The highest BCUT2D eigenvalue weighted by Crippen LogP contribution is 2.12. The van der Waals surface area contributed by atoms with Crippen molar-refractivity contribution in [3.05, 3.63) is 30.4 Å². The van der Waals surface area contributed by atoms with Crippen molar-refractivity contribution >= 4 is 88.7 Å². The average Bonchev–Trinajstić information content (AvgIpc) is 3.22. The summed E-state index contributed by atoms with van der Waals surface area (Å²) in [6.45, 7) is 0.322. The van der Waals surface area contributed by atoms with Gasteiger partial charge in [-0.1, -0.05) is 13.8 Å². The average molecular weight is 1220 g/mol. The molecule has 0 fully saturated rings. The molecule has 0 spiro atoms. The maximum absolute atomic E-state index is 13.7. The highest BCUT2D eigenvalue weighted by Gasteiger charge is 2.38. The first-order chi connectivity index (χ1) is 40.7. The minimum Gasteiger partial charge on any atom is -0.481 e. The number of nitrogens with two attached hydrogens (primary N) is 3. The Kier molecular flexibility index (Phi) is 32.7. The van der Waals surface area contributed by atoms with Crippen molar-refractivity contribution in [3.8, 4) is 0 Å². The van der Waals surface area contributed by atoms with Crippen LogP contribution in [-0.4, -0.2) is 240 Å². The number of primary amides is 1. The van der Waals surface area contributed by atoms with E-state index in [-0.39, 0.29) is 50.4 Å². The van der Waals surface area contributed by atoms with Crippen LogP contribution < -0.4 is 75.7 Å². The quantitative estimate of drug-likeness (QED) is 0.0125. The molecule has 1 aliphatic heterocycles. The standard InChI is InChI=1S/C49H78N18O19/c1-25(2)14-28(64-48(84)34(18-50)67-38(73)7-8-39(67)74)44(80)65-32(22-68)42(78)58-21-37(72)60-27(6-4-9-56-49(52)53)43(79)66-33(23-69)47(83)63-31(17-40(75)76)46(82)62-30(16-35(51)70)45(81)61-29(15-26-19-54-24-59-26)41(77)57-20-36(71)55-10-5-11-86-13-12-85-3/h7-8,19,24-25,27-34,68-69H,4-6,9-18,20-23,50H2,1-3H3,(H2,51,70)(H,54,59)(H,55,71)(H,57,77)(H,58,78)(H,60,72)(H,61,81)(H,62,82)(H,63,83)(H,64,84)(H,65,80)(H,66,79)(H,75,76)(H4,52,53,56)/t27-,28-,29-,30-,31-,32-,33-,34-/m0/s1. The molecule has 8 atom stereocenters. The second-order valence-electron chi connectivity index (χ2n) is 19.4. The lowest BCUT2D eigenvalue weighted by molar-refractivity contribution is -0.145. The van der Waals surface area contributed by atoms with Gasteiger partial charge in [0.05, 0.1) is 64.4 Å². The number of aliphatic hydroxyl groups is 2. The Morgan fingerprint density at radius 3 is 1.67 bits per heavy atom. The van der Waals surface area contributed by atoms with Crippen LogP contribution in [0.15, 0.2) is 24.7 Å². The molecule has 2 rings (SSSR count). The van der Waals surface area contributed by atoms with Crippen LogP contribution in [0.3, 0.4) is 0 Å². The van der Waals surface area contributed by atoms with E-state index in [1.54, 1.807) is 13.8 Å². The van der Waals surface area contributed by atoms with Crippen LogP contribution in [-0.2, 0) is 83.0 Å². The number of nitrogens with zero attached hydrogens (tertiary/aromatic N) is 2. The number of ether oxygens (including phenoxy) is 2. The van der Waals surface area contributed by atoms with Gasteiger partial charge in [-0.15, -0.1) is 0 Å². The second kappa shape index (κ2) is 38.6. The molecule has 0 saturated carbocycles. The third kappa shape index (κ3) is 27.0. The number of H-pyrrole nitrogens is 1. The zero-order valence-corrected chi connectivity index (χ0v) is 47.5. The molecule has 0 bridgehead atoms. The Balaban J connectivity index is 2.21. The lowest BCUT2D eigenvalue weighted by atomic mass is 10.0. The van der Waals surface area contributed by atoms with Crippen LogP contribution in [0.2, 0.25) is 0 Å². The van der Waals surface area contributed by atoms with Crippen molar-refractivity contribution in [2.45, 2.75) is 107 Å². The van der Waals surface area contributed by atoms with Crippen LogP contribution >= 0.6 is 0 Å². The number of carboxylic acids is 1. The van der Waals surface area contributed by atoms with Crippen molar-refractivity contribution in [1.29, 1.82) is 5.41 Å². The number of hydrogen-bond donors (Lipinski definition) is 19. The van der Waals surface area contributed by atoms with Crippen LogP contribution in [0.5, 0.6) is 0 Å². The van der Waals surface area contributed by atoms with Gasteiger partial charge in [-0.3, -0.25) is 77.4 Å². The van der Waals surface area contributed by atoms with Gasteiger partial charge in [-0.2, -0.15) is 0 Å². The molecular weight excluding hydrogens is 1140 g/mol. The molecule has 0 aliphatic carbocycles. The van der Waals surface area contributed by atoms with E-state index in [1.807, 2.05) is 5.32 Å². The summed E-state index contributed by atoms with van der Waals surface area (Å²) >= 11 is 0. The highest BCUT2D eigenvalue weighted by molar-refractivity contribution is 6.15. The molecule has 0 aromatic carbocycles. The number of aromatic nitrogens is 2. The predicted molar refractivity (Wildman–Crippen MR) is 295 cm³/mol. The van der Waals surface area contributed by atoms with Gasteiger partial charge in [0.25, 0.3) is 11.8 Å². The molecule has 13 amide bonds. The number of nitrogens with one attached hydrogen (secondary N) is 13. The summed E-state index contributed by atoms with van der Waals surface area (Å²) < 4.78 is 10.2. The van der Waals surface area contributed by atoms with Crippen LogP contribution in [0, 0.1) is 11.3 Å². The number of aromatic amines is 1. The Morgan fingerprint density at radius 1 is 0.628 bits per heavy atom. The molecule has 1 aromatic rings. The van der Waals surface area contributed by atoms with E-state index >= 15 is 0 Å². The molecule has 0 unspecified atom stereocenters. The maximum atomic E-state index is 13.7. The van der Waals surface area contributed by atoms with Crippen LogP contribution in [0.25, 0.3) is 0 Å². The molecular formula is C49H78N18O19. The Morgan fingerprint density at radius 2 is 1.14 bits per heavy atom. The Bertz CT molecular complexity index is 2550. The number of amides is 13. The number of rotatable bonds is 42. The number of carbonyl (C=O) groups excluding carboxylic acids is 13. The minimum absolute atomic E-state index is 0.0138. The third-order valence-corrected chi connectivity index (χ3v) is 12.0. The predicted octanol–water partition coefficient (Wildman–Crippen LogP) is -10.4. The number of aliphatic carboxylic acids is 1. The van der Waals surface area contributed by atoms with Gasteiger partial charge in [0.1, 0.15) is 48.3 Å². The van der Waals surface area contributed by atoms with E-state index in [4.69, 9.17) is 32.1 Å². The first kappa shape index (κ1) is 72.9. The molecule has 22 N–H and O–H groups in total. The van der Waals surface area contributed by atoms with E-state index < -0.39 is 183 Å². The summed E-state index contributed by atoms with van der Waals surface area (Å²) in [6, 6.07) is -13.8. The zero-order valence-electron chi connectivity index (χ0n) is 47.5. The summed E-state index contributed by atoms with van der Waals surface area (Å²) in [5.41, 5.74) is 16.6. The second-order valence-corrected chi connectivity index (χ2v) is 19.4. The van der Waals surface area contributed by atoms with Crippen molar-refractivity contribution in [2.75, 3.05) is 72.9 Å². The van der Waals surface area contributed by atoms with Crippen LogP contribution in [0.4, 0.5) is 0 Å². The van der Waals surface area contributed by atoms with Crippen LogP contribution in [0.1, 0.15) is 58.1 Å². The largest absolute Gasteiger partial charge is 0.481 e. The summed E-state index contributed by atoms with van der Waals surface area (Å²) in [7, 11) is 1.51. The fraction of sp³-hybridized carbons (Fsp3) is 0.592. The number of imidazole rings is 1. The molecule has 2 heterocycles. The summed E-state index contributed by atoms with van der Waals surface area (Å²) in [4.78, 5) is 190. The first-order valence-corrected chi connectivity index (χ1v) is 26.8. The zero-order chi connectivity index (χ0) is 64.5. The van der Waals surface area contributed by atoms with E-state index in [9.17, 15) is 82.4 Å². The lowest BCUT2D eigenvalue weighted by Crippen LogP contribution is -2.61. The monoisotopic (exact) mass is 1220 g/mol. The topological polar surface area (TPSA) is 584 Å². The Hall–Kier alpha value is -9.20. The van der Waals surface area contributed by atoms with E-state index in [2.05, 4.69) is 63.1 Å².